The highest BCUT2D eigenvalue weighted by Gasteiger charge is 2.29. The highest BCUT2D eigenvalue weighted by molar-refractivity contribution is 5.76. The summed E-state index contributed by atoms with van der Waals surface area (Å²) in [5, 5.41) is 10.4. The summed E-state index contributed by atoms with van der Waals surface area (Å²) in [5.41, 5.74) is -0.870. The molecule has 0 rings (SSSR count). The van der Waals surface area contributed by atoms with E-state index in [-0.39, 0.29) is 18.0 Å². The van der Waals surface area contributed by atoms with Crippen molar-refractivity contribution in [3.8, 4) is 0 Å². The lowest BCUT2D eigenvalue weighted by molar-refractivity contribution is -0.155. The maximum atomic E-state index is 12.5. The van der Waals surface area contributed by atoms with Crippen LogP contribution < -0.4 is 0 Å². The Kier molecular flexibility index (Phi) is 23.8. The van der Waals surface area contributed by atoms with Crippen LogP contribution in [0.4, 0.5) is 0 Å². The molecule has 0 spiro atoms. The van der Waals surface area contributed by atoms with Crippen LogP contribution in [0.5, 0.6) is 0 Å². The maximum Gasteiger partial charge on any atom is 0.311 e. The molecule has 0 amide bonds. The molecule has 0 saturated carbocycles. The summed E-state index contributed by atoms with van der Waals surface area (Å²) < 4.78 is 11.1. The lowest BCUT2D eigenvalue weighted by atomic mass is 9.86. The summed E-state index contributed by atoms with van der Waals surface area (Å²) in [6.45, 7) is 13.5. The minimum Gasteiger partial charge on any atom is -0.465 e. The number of esters is 2. The molecule has 0 bridgehead atoms. The number of carbonyl (C=O) groups excluding carboxylic acids is 2. The Bertz CT molecular complexity index is 561. The predicted octanol–water partition coefficient (Wildman–Crippen LogP) is 10.1. The van der Waals surface area contributed by atoms with Crippen molar-refractivity contribution in [2.75, 3.05) is 13.2 Å². The van der Waals surface area contributed by atoms with Gasteiger partial charge in [0.05, 0.1) is 30.1 Å². The van der Waals surface area contributed by atoms with Gasteiger partial charge in [-0.1, -0.05) is 117 Å². The van der Waals surface area contributed by atoms with Crippen LogP contribution in [0.15, 0.2) is 0 Å². The van der Waals surface area contributed by atoms with Crippen molar-refractivity contribution >= 4 is 11.9 Å². The molecule has 0 aromatic carbocycles. The van der Waals surface area contributed by atoms with E-state index >= 15 is 0 Å². The number of hydrogen-bond donors (Lipinski definition) is 1. The molecule has 0 heterocycles. The molecular weight excluding hydrogens is 500 g/mol. The van der Waals surface area contributed by atoms with Crippen molar-refractivity contribution in [1.82, 2.24) is 0 Å². The van der Waals surface area contributed by atoms with E-state index in [0.29, 0.717) is 13.2 Å². The van der Waals surface area contributed by atoms with E-state index in [9.17, 15) is 14.7 Å². The molecule has 1 N–H and O–H groups in total. The topological polar surface area (TPSA) is 72.8 Å². The Morgan fingerprint density at radius 2 is 0.850 bits per heavy atom. The fraction of sp³-hybridized carbons (Fsp3) is 0.943. The summed E-state index contributed by atoms with van der Waals surface area (Å²) in [6, 6.07) is 0. The standard InChI is InChI=1S/C35H68O5/c1-7-9-11-13-15-23-29-39-32(37)34(3,4)27-21-17-19-25-31(36)26-20-18-22-28-35(5,6)33(38)40-30-24-16-14-12-10-8-2/h31,36H,7-30H2,1-6H3. The molecule has 5 heteroatoms. The monoisotopic (exact) mass is 569 g/mol. The molecule has 40 heavy (non-hydrogen) atoms. The molecule has 0 aliphatic carbocycles. The third kappa shape index (κ3) is 21.6. The van der Waals surface area contributed by atoms with E-state index in [1.807, 2.05) is 27.7 Å². The quantitative estimate of drug-likeness (QED) is 0.0751. The van der Waals surface area contributed by atoms with Gasteiger partial charge in [0.25, 0.3) is 0 Å². The number of unbranched alkanes of at least 4 members (excludes halogenated alkanes) is 14. The van der Waals surface area contributed by atoms with Gasteiger partial charge in [0, 0.05) is 0 Å². The van der Waals surface area contributed by atoms with E-state index in [1.54, 1.807) is 0 Å². The van der Waals surface area contributed by atoms with E-state index in [1.165, 1.54) is 51.4 Å². The van der Waals surface area contributed by atoms with Gasteiger partial charge in [-0.15, -0.1) is 0 Å². The van der Waals surface area contributed by atoms with Crippen molar-refractivity contribution in [2.45, 2.75) is 189 Å². The first-order valence-electron chi connectivity index (χ1n) is 17.1. The number of aliphatic hydroxyl groups excluding tert-OH is 1. The average molecular weight is 569 g/mol. The van der Waals surface area contributed by atoms with Crippen LogP contribution in [-0.4, -0.2) is 36.4 Å². The Morgan fingerprint density at radius 3 is 1.23 bits per heavy atom. The van der Waals surface area contributed by atoms with Gasteiger partial charge in [0.2, 0.25) is 0 Å². The number of ether oxygens (including phenoxy) is 2. The fourth-order valence-corrected chi connectivity index (χ4v) is 5.08. The Morgan fingerprint density at radius 1 is 0.525 bits per heavy atom. The van der Waals surface area contributed by atoms with Gasteiger partial charge < -0.3 is 14.6 Å². The molecule has 0 atom stereocenters. The zero-order valence-electron chi connectivity index (χ0n) is 27.6. The second-order valence-electron chi connectivity index (χ2n) is 13.4. The minimum atomic E-state index is -0.435. The summed E-state index contributed by atoms with van der Waals surface area (Å²) in [5.74, 6) is -0.148. The lowest BCUT2D eigenvalue weighted by Crippen LogP contribution is -2.27. The molecule has 0 saturated heterocycles. The molecule has 238 valence electrons. The third-order valence-electron chi connectivity index (χ3n) is 8.25. The fourth-order valence-electron chi connectivity index (χ4n) is 5.08. The van der Waals surface area contributed by atoms with Crippen LogP contribution in [-0.2, 0) is 19.1 Å². The first-order chi connectivity index (χ1) is 19.1. The third-order valence-corrected chi connectivity index (χ3v) is 8.25. The average Bonchev–Trinajstić information content (AvgIpc) is 2.91. The van der Waals surface area contributed by atoms with Gasteiger partial charge in [0.15, 0.2) is 0 Å². The molecule has 0 fully saturated rings. The molecule has 0 aliphatic rings. The Balaban J connectivity index is 3.81. The summed E-state index contributed by atoms with van der Waals surface area (Å²) in [4.78, 5) is 24.9. The van der Waals surface area contributed by atoms with Crippen molar-refractivity contribution in [3.05, 3.63) is 0 Å². The van der Waals surface area contributed by atoms with Gasteiger partial charge in [-0.05, 0) is 66.2 Å². The highest BCUT2D eigenvalue weighted by atomic mass is 16.5. The molecule has 0 radical (unpaired) electrons. The van der Waals surface area contributed by atoms with Crippen molar-refractivity contribution < 1.29 is 24.2 Å². The number of hydrogen-bond acceptors (Lipinski definition) is 5. The van der Waals surface area contributed by atoms with Crippen LogP contribution in [0.1, 0.15) is 183 Å². The maximum absolute atomic E-state index is 12.5. The predicted molar refractivity (Wildman–Crippen MR) is 168 cm³/mol. The van der Waals surface area contributed by atoms with Gasteiger partial charge in [-0.2, -0.15) is 0 Å². The Hall–Kier alpha value is -1.10. The van der Waals surface area contributed by atoms with Crippen molar-refractivity contribution in [1.29, 1.82) is 0 Å². The summed E-state index contributed by atoms with van der Waals surface area (Å²) in [7, 11) is 0. The number of aliphatic hydroxyl groups is 1. The van der Waals surface area contributed by atoms with E-state index in [2.05, 4.69) is 13.8 Å². The SMILES string of the molecule is CCCCCCCCOC(=O)C(C)(C)CCCCCC(O)CCCCCC(C)(C)C(=O)OCCCCCCCC. The van der Waals surface area contributed by atoms with Crippen molar-refractivity contribution in [3.63, 3.8) is 0 Å². The first kappa shape index (κ1) is 38.9. The van der Waals surface area contributed by atoms with Crippen LogP contribution >= 0.6 is 0 Å². The van der Waals surface area contributed by atoms with Crippen LogP contribution in [0.25, 0.3) is 0 Å². The molecule has 0 aromatic heterocycles. The molecule has 5 nitrogen and oxygen atoms in total. The molecule has 0 aliphatic heterocycles. The minimum absolute atomic E-state index is 0.0738. The molecular formula is C35H68O5. The zero-order chi connectivity index (χ0) is 30.1. The Labute approximate surface area is 248 Å². The smallest absolute Gasteiger partial charge is 0.311 e. The number of rotatable bonds is 28. The normalized spacial score (nSPS) is 12.2. The van der Waals surface area contributed by atoms with Crippen LogP contribution in [0, 0.1) is 10.8 Å². The summed E-state index contributed by atoms with van der Waals surface area (Å²) >= 11 is 0. The molecule has 0 aromatic rings. The summed E-state index contributed by atoms with van der Waals surface area (Å²) in [6.07, 6.45) is 23.3. The van der Waals surface area contributed by atoms with Gasteiger partial charge >= 0.3 is 11.9 Å². The zero-order valence-corrected chi connectivity index (χ0v) is 27.6. The molecule has 0 unspecified atom stereocenters. The largest absolute Gasteiger partial charge is 0.465 e. The lowest BCUT2D eigenvalue weighted by Gasteiger charge is -2.23. The van der Waals surface area contributed by atoms with E-state index < -0.39 is 10.8 Å². The van der Waals surface area contributed by atoms with E-state index in [0.717, 1.165) is 89.9 Å². The van der Waals surface area contributed by atoms with Gasteiger partial charge in [0.1, 0.15) is 0 Å². The second-order valence-corrected chi connectivity index (χ2v) is 13.4. The number of carbonyl (C=O) groups is 2. The van der Waals surface area contributed by atoms with Crippen LogP contribution in [0.2, 0.25) is 0 Å². The van der Waals surface area contributed by atoms with Gasteiger partial charge in [-0.25, -0.2) is 0 Å². The van der Waals surface area contributed by atoms with Gasteiger partial charge in [-0.3, -0.25) is 9.59 Å². The highest BCUT2D eigenvalue weighted by Crippen LogP contribution is 2.27. The van der Waals surface area contributed by atoms with E-state index in [4.69, 9.17) is 9.47 Å². The van der Waals surface area contributed by atoms with Crippen LogP contribution in [0.3, 0.4) is 0 Å². The van der Waals surface area contributed by atoms with Crippen molar-refractivity contribution in [2.24, 2.45) is 10.8 Å². The second kappa shape index (κ2) is 24.5. The first-order valence-corrected chi connectivity index (χ1v) is 17.1.